The van der Waals surface area contributed by atoms with Crippen molar-refractivity contribution in [3.63, 3.8) is 0 Å². The number of methoxy groups -OCH3 is 2. The number of carbonyl (C=O) groups excluding carboxylic acids is 5. The van der Waals surface area contributed by atoms with Crippen LogP contribution < -0.4 is 19.3 Å². The van der Waals surface area contributed by atoms with Gasteiger partial charge >= 0.3 is 0 Å². The van der Waals surface area contributed by atoms with Crippen molar-refractivity contribution in [2.75, 3.05) is 24.0 Å². The monoisotopic (exact) mass is 866 g/mol. The first-order valence-corrected chi connectivity index (χ1v) is 19.0. The molecule has 0 radical (unpaired) electrons. The van der Waals surface area contributed by atoms with Gasteiger partial charge in [0, 0.05) is 17.0 Å². The van der Waals surface area contributed by atoms with Gasteiger partial charge in [-0.25, -0.2) is 26.9 Å². The Kier molecular flexibility index (Phi) is 9.90. The number of phenols is 1. The summed E-state index contributed by atoms with van der Waals surface area (Å²) in [5, 5.41) is 10.5. The number of rotatable bonds is 8. The molecule has 4 aromatic carbocycles. The fraction of sp³-hybridized carbons (Fsp3) is 0.233. The maximum atomic E-state index is 15.4. The van der Waals surface area contributed by atoms with Crippen LogP contribution in [0.1, 0.15) is 34.3 Å². The predicted molar refractivity (Wildman–Crippen MR) is 206 cm³/mol. The number of amides is 4. The maximum absolute atomic E-state index is 15.4. The van der Waals surface area contributed by atoms with Crippen molar-refractivity contribution in [3.05, 3.63) is 130 Å². The second-order valence-electron chi connectivity index (χ2n) is 14.6. The van der Waals surface area contributed by atoms with Gasteiger partial charge in [0.25, 0.3) is 11.8 Å². The van der Waals surface area contributed by atoms with E-state index in [1.807, 2.05) is 0 Å². The summed E-state index contributed by atoms with van der Waals surface area (Å²) in [7, 11) is 2.54. The smallest absolute Gasteiger partial charge is 0.258 e. The summed E-state index contributed by atoms with van der Waals surface area (Å²) < 4.78 is 84.5. The van der Waals surface area contributed by atoms with Crippen molar-refractivity contribution in [3.8, 4) is 17.2 Å². The molecule has 6 atom stereocenters. The van der Waals surface area contributed by atoms with Crippen molar-refractivity contribution < 1.29 is 60.5 Å². The number of aromatic hydroxyl groups is 1. The lowest BCUT2D eigenvalue weighted by atomic mass is 9.57. The van der Waals surface area contributed by atoms with Crippen LogP contribution in [-0.2, 0) is 19.2 Å². The second-order valence-corrected chi connectivity index (χ2v) is 15.9. The molecule has 60 heavy (non-hydrogen) atoms. The maximum Gasteiger partial charge on any atom is 0.258 e. The molecule has 4 amide bonds. The quantitative estimate of drug-likeness (QED) is 0.0364. The van der Waals surface area contributed by atoms with Gasteiger partial charge in [-0.05, 0) is 60.7 Å². The van der Waals surface area contributed by atoms with Crippen LogP contribution in [0.5, 0.6) is 17.2 Å². The molecule has 6 unspecified atom stereocenters. The fourth-order valence-electron chi connectivity index (χ4n) is 8.80. The Morgan fingerprint density at radius 2 is 1.33 bits per heavy atom. The number of phenolic OH excluding ortho intramolecular Hbond substituents is 1. The molecule has 0 bridgehead atoms. The van der Waals surface area contributed by atoms with E-state index < -0.39 is 98.2 Å². The summed E-state index contributed by atoms with van der Waals surface area (Å²) >= 11 is 14.3. The van der Waals surface area contributed by atoms with Crippen molar-refractivity contribution in [1.29, 1.82) is 0 Å². The molecule has 4 aliphatic rings. The highest BCUT2D eigenvalue weighted by Crippen LogP contribution is 2.64. The number of carbonyl (C=O) groups is 5. The number of hydrogen-bond acceptors (Lipinski definition) is 8. The first-order valence-electron chi connectivity index (χ1n) is 18.2. The molecule has 3 fully saturated rings. The first kappa shape index (κ1) is 40.7. The largest absolute Gasteiger partial charge is 0.502 e. The molecule has 2 heterocycles. The molecule has 2 saturated heterocycles. The Hall–Kier alpha value is -6.06. The standard InChI is InChI=1S/C43H29Cl2F5N2O8/c1-59-27-16-19(17-28(60-2)37(27)54)8-15-26-23-13-14-24-29(39(56)51(38(24)55)22-11-9-21(10-12-22)36(53)20-6-4-3-5-7-20)25(23)18-42(44)40(57)52(41(58)43(26,42)45)35-33(49)31(47)30(46)32(48)34(35)50/h3-13,15-17,24-26,29,54H,14,18H2,1-2H3. The normalized spacial score (nSPS) is 26.0. The number of benzene rings is 4. The average Bonchev–Trinajstić information content (AvgIpc) is 3.59. The van der Waals surface area contributed by atoms with Crippen LogP contribution in [0, 0.1) is 52.8 Å². The first-order chi connectivity index (χ1) is 28.5. The molecule has 17 heteroatoms. The van der Waals surface area contributed by atoms with Gasteiger partial charge in [0.2, 0.25) is 23.4 Å². The van der Waals surface area contributed by atoms with Crippen LogP contribution in [0.3, 0.4) is 0 Å². The lowest BCUT2D eigenvalue weighted by molar-refractivity contribution is -0.125. The van der Waals surface area contributed by atoms with Crippen LogP contribution in [-0.4, -0.2) is 58.5 Å². The minimum Gasteiger partial charge on any atom is -0.502 e. The number of allylic oxidation sites excluding steroid dienone is 3. The molecule has 10 nitrogen and oxygen atoms in total. The van der Waals surface area contributed by atoms with Gasteiger partial charge in [-0.1, -0.05) is 54.1 Å². The number of fused-ring (bicyclic) bond motifs is 4. The summed E-state index contributed by atoms with van der Waals surface area (Å²) in [6, 6.07) is 16.9. The molecule has 4 aromatic rings. The molecular formula is C43H29Cl2F5N2O8. The Balaban J connectivity index is 1.23. The van der Waals surface area contributed by atoms with Gasteiger partial charge in [0.1, 0.15) is 5.69 Å². The Bertz CT molecular complexity index is 2570. The lowest BCUT2D eigenvalue weighted by Crippen LogP contribution is -2.60. The van der Waals surface area contributed by atoms with Gasteiger partial charge < -0.3 is 14.6 Å². The third-order valence-electron chi connectivity index (χ3n) is 11.7. The van der Waals surface area contributed by atoms with E-state index in [9.17, 15) is 42.3 Å². The SMILES string of the molecule is COc1cc(C=CC2C3=CCC4C(=O)N(c5ccc(C(=O)c6ccccc6)cc5)C(=O)C4C3CC3(Cl)C(=O)N(c4c(F)c(F)c(F)c(F)c4F)C(=O)C23Cl)cc(OC)c1O. The Morgan fingerprint density at radius 3 is 1.92 bits per heavy atom. The number of ether oxygens (including phenoxy) is 2. The summed E-state index contributed by atoms with van der Waals surface area (Å²) in [5.74, 6) is -22.7. The summed E-state index contributed by atoms with van der Waals surface area (Å²) in [4.78, 5) is 65.8. The molecule has 1 N–H and O–H groups in total. The fourth-order valence-corrected chi connectivity index (χ4v) is 9.70. The van der Waals surface area contributed by atoms with E-state index in [-0.39, 0.29) is 56.7 Å². The van der Waals surface area contributed by atoms with Crippen LogP contribution in [0.2, 0.25) is 0 Å². The van der Waals surface area contributed by atoms with E-state index in [1.54, 1.807) is 36.4 Å². The van der Waals surface area contributed by atoms with E-state index in [0.29, 0.717) is 5.56 Å². The third-order valence-corrected chi connectivity index (χ3v) is 13.1. The van der Waals surface area contributed by atoms with Gasteiger partial charge in [0.05, 0.1) is 31.7 Å². The molecule has 2 aliphatic heterocycles. The molecule has 1 saturated carbocycles. The van der Waals surface area contributed by atoms with E-state index in [4.69, 9.17) is 32.7 Å². The van der Waals surface area contributed by atoms with Gasteiger partial charge in [-0.15, -0.1) is 23.2 Å². The predicted octanol–water partition coefficient (Wildman–Crippen LogP) is 7.65. The molecule has 0 spiro atoms. The third kappa shape index (κ3) is 5.69. The summed E-state index contributed by atoms with van der Waals surface area (Å²) in [6.07, 6.45) is 3.46. The zero-order chi connectivity index (χ0) is 43.2. The zero-order valence-electron chi connectivity index (χ0n) is 31.2. The highest BCUT2D eigenvalue weighted by Gasteiger charge is 2.76. The molecular weight excluding hydrogens is 838 g/mol. The number of alkyl halides is 2. The van der Waals surface area contributed by atoms with Crippen molar-refractivity contribution >= 4 is 70.1 Å². The topological polar surface area (TPSA) is 131 Å². The number of ketones is 1. The highest BCUT2D eigenvalue weighted by atomic mass is 35.5. The molecule has 2 aliphatic carbocycles. The molecule has 0 aromatic heterocycles. The second kappa shape index (κ2) is 14.6. The van der Waals surface area contributed by atoms with Crippen LogP contribution in [0.4, 0.5) is 33.3 Å². The minimum absolute atomic E-state index is 0.0419. The molecule has 308 valence electrons. The van der Waals surface area contributed by atoms with Crippen molar-refractivity contribution in [2.24, 2.45) is 23.7 Å². The van der Waals surface area contributed by atoms with Gasteiger partial charge in [-0.3, -0.25) is 28.9 Å². The van der Waals surface area contributed by atoms with Crippen molar-refractivity contribution in [1.82, 2.24) is 0 Å². The van der Waals surface area contributed by atoms with E-state index >= 15 is 8.78 Å². The lowest BCUT2D eigenvalue weighted by Gasteiger charge is -2.49. The van der Waals surface area contributed by atoms with E-state index in [2.05, 4.69) is 0 Å². The average molecular weight is 868 g/mol. The number of hydrogen-bond donors (Lipinski definition) is 1. The number of anilines is 2. The van der Waals surface area contributed by atoms with Crippen LogP contribution >= 0.6 is 23.2 Å². The number of nitrogens with zero attached hydrogens (tertiary/aromatic N) is 2. The minimum atomic E-state index is -2.73. The Labute approximate surface area is 347 Å². The summed E-state index contributed by atoms with van der Waals surface area (Å²) in [5.41, 5.74) is -0.583. The number of halogens is 7. The zero-order valence-corrected chi connectivity index (χ0v) is 32.7. The Morgan fingerprint density at radius 1 is 0.767 bits per heavy atom. The van der Waals surface area contributed by atoms with E-state index in [1.165, 1.54) is 62.8 Å². The van der Waals surface area contributed by atoms with Crippen LogP contribution in [0.25, 0.3) is 6.08 Å². The summed E-state index contributed by atoms with van der Waals surface area (Å²) in [6.45, 7) is 0. The van der Waals surface area contributed by atoms with E-state index in [0.717, 1.165) is 4.90 Å². The molecule has 8 rings (SSSR count). The van der Waals surface area contributed by atoms with Gasteiger partial charge in [-0.2, -0.15) is 0 Å². The van der Waals surface area contributed by atoms with Crippen molar-refractivity contribution in [2.45, 2.75) is 22.6 Å². The number of imide groups is 2. The highest BCUT2D eigenvalue weighted by molar-refractivity contribution is 6.58. The van der Waals surface area contributed by atoms with Gasteiger partial charge in [0.15, 0.2) is 50.3 Å². The van der Waals surface area contributed by atoms with Crippen LogP contribution in [0.15, 0.2) is 84.5 Å².